The lowest BCUT2D eigenvalue weighted by Gasteiger charge is -2.09. The standard InChI is InChI=1S/C10H13FO3/c1-2-13-14-7-10(12)8-3-5-9(11)6-4-8/h3-6,10,12H,2,7H2,1H3. The molecule has 0 aliphatic carbocycles. The minimum atomic E-state index is -0.790. The van der Waals surface area contributed by atoms with Crippen LogP contribution in [0.25, 0.3) is 0 Å². The summed E-state index contributed by atoms with van der Waals surface area (Å²) < 4.78 is 12.5. The van der Waals surface area contributed by atoms with Crippen molar-refractivity contribution in [3.05, 3.63) is 35.6 Å². The predicted octanol–water partition coefficient (Wildman–Crippen LogP) is 1.83. The summed E-state index contributed by atoms with van der Waals surface area (Å²) in [6.45, 7) is 2.25. The fraction of sp³-hybridized carbons (Fsp3) is 0.400. The molecule has 3 nitrogen and oxygen atoms in total. The molecule has 1 atom stereocenters. The molecule has 0 aliphatic heterocycles. The summed E-state index contributed by atoms with van der Waals surface area (Å²) in [6, 6.07) is 5.60. The number of benzene rings is 1. The average molecular weight is 200 g/mol. The molecular weight excluding hydrogens is 187 g/mol. The minimum absolute atomic E-state index is 0.0411. The van der Waals surface area contributed by atoms with Gasteiger partial charge < -0.3 is 5.11 Å². The van der Waals surface area contributed by atoms with Gasteiger partial charge in [0.2, 0.25) is 0 Å². The number of halogens is 1. The Labute approximate surface area is 82.0 Å². The molecule has 1 aromatic carbocycles. The van der Waals surface area contributed by atoms with E-state index in [1.807, 2.05) is 0 Å². The van der Waals surface area contributed by atoms with Crippen LogP contribution in [0.3, 0.4) is 0 Å². The molecule has 0 spiro atoms. The van der Waals surface area contributed by atoms with E-state index >= 15 is 0 Å². The van der Waals surface area contributed by atoms with Crippen molar-refractivity contribution < 1.29 is 19.3 Å². The van der Waals surface area contributed by atoms with Crippen molar-refractivity contribution in [3.63, 3.8) is 0 Å². The lowest BCUT2D eigenvalue weighted by atomic mass is 10.1. The van der Waals surface area contributed by atoms with Gasteiger partial charge in [-0.3, -0.25) is 0 Å². The molecule has 0 bridgehead atoms. The first-order valence-corrected chi connectivity index (χ1v) is 4.42. The van der Waals surface area contributed by atoms with E-state index in [0.29, 0.717) is 12.2 Å². The summed E-state index contributed by atoms with van der Waals surface area (Å²) in [4.78, 5) is 9.30. The normalized spacial score (nSPS) is 12.8. The molecule has 0 amide bonds. The molecule has 0 heterocycles. The van der Waals surface area contributed by atoms with Gasteiger partial charge in [0, 0.05) is 0 Å². The molecule has 1 aromatic rings. The van der Waals surface area contributed by atoms with E-state index in [2.05, 4.69) is 9.78 Å². The van der Waals surface area contributed by atoms with Crippen molar-refractivity contribution in [2.45, 2.75) is 13.0 Å². The highest BCUT2D eigenvalue weighted by Crippen LogP contribution is 2.13. The SMILES string of the molecule is CCOOCC(O)c1ccc(F)cc1. The van der Waals surface area contributed by atoms with E-state index < -0.39 is 6.10 Å². The third kappa shape index (κ3) is 3.41. The van der Waals surface area contributed by atoms with Crippen LogP contribution in [0.5, 0.6) is 0 Å². The fourth-order valence-electron chi connectivity index (χ4n) is 0.977. The molecule has 0 aliphatic rings. The Morgan fingerprint density at radius 2 is 1.93 bits per heavy atom. The number of hydrogen-bond donors (Lipinski definition) is 1. The van der Waals surface area contributed by atoms with Crippen molar-refractivity contribution in [1.29, 1.82) is 0 Å². The van der Waals surface area contributed by atoms with Crippen LogP contribution in [0.2, 0.25) is 0 Å². The molecule has 1 unspecified atom stereocenters. The zero-order valence-electron chi connectivity index (χ0n) is 7.94. The molecule has 78 valence electrons. The van der Waals surface area contributed by atoms with Gasteiger partial charge in [-0.15, -0.1) is 0 Å². The van der Waals surface area contributed by atoms with Gasteiger partial charge in [-0.25, -0.2) is 14.2 Å². The van der Waals surface area contributed by atoms with Crippen LogP contribution in [-0.4, -0.2) is 18.3 Å². The Bertz CT molecular complexity index is 261. The van der Waals surface area contributed by atoms with Crippen molar-refractivity contribution in [3.8, 4) is 0 Å². The summed E-state index contributed by atoms with van der Waals surface area (Å²) in [5.41, 5.74) is 0.603. The maximum Gasteiger partial charge on any atom is 0.123 e. The number of aliphatic hydroxyl groups is 1. The van der Waals surface area contributed by atoms with Gasteiger partial charge in [0.05, 0.1) is 6.61 Å². The first-order valence-electron chi connectivity index (χ1n) is 4.42. The van der Waals surface area contributed by atoms with Gasteiger partial charge in [0.1, 0.15) is 18.5 Å². The lowest BCUT2D eigenvalue weighted by Crippen LogP contribution is -2.07. The maximum atomic E-state index is 12.5. The molecule has 14 heavy (non-hydrogen) atoms. The second-order valence-corrected chi connectivity index (χ2v) is 2.76. The van der Waals surface area contributed by atoms with E-state index in [9.17, 15) is 9.50 Å². The van der Waals surface area contributed by atoms with Crippen LogP contribution in [0, 0.1) is 5.82 Å². The summed E-state index contributed by atoms with van der Waals surface area (Å²) in [6.07, 6.45) is -0.790. The first-order chi connectivity index (χ1) is 6.74. The van der Waals surface area contributed by atoms with Crippen molar-refractivity contribution in [2.75, 3.05) is 13.2 Å². The van der Waals surface area contributed by atoms with Gasteiger partial charge in [0.25, 0.3) is 0 Å². The molecule has 1 rings (SSSR count). The Morgan fingerprint density at radius 1 is 1.29 bits per heavy atom. The number of hydrogen-bond acceptors (Lipinski definition) is 3. The van der Waals surface area contributed by atoms with E-state index in [0.717, 1.165) is 0 Å². The monoisotopic (exact) mass is 200 g/mol. The molecule has 4 heteroatoms. The van der Waals surface area contributed by atoms with E-state index in [-0.39, 0.29) is 12.4 Å². The summed E-state index contributed by atoms with van der Waals surface area (Å²) in [7, 11) is 0. The second kappa shape index (κ2) is 5.70. The van der Waals surface area contributed by atoms with Crippen LogP contribution in [-0.2, 0) is 9.78 Å². The summed E-state index contributed by atoms with van der Waals surface area (Å²) in [5, 5.41) is 9.51. The van der Waals surface area contributed by atoms with Crippen molar-refractivity contribution >= 4 is 0 Å². The van der Waals surface area contributed by atoms with Gasteiger partial charge in [-0.2, -0.15) is 0 Å². The quantitative estimate of drug-likeness (QED) is 0.447. The predicted molar refractivity (Wildman–Crippen MR) is 48.9 cm³/mol. The van der Waals surface area contributed by atoms with Crippen LogP contribution in [0.1, 0.15) is 18.6 Å². The first kappa shape index (κ1) is 11.1. The molecular formula is C10H13FO3. The van der Waals surface area contributed by atoms with E-state index in [1.54, 1.807) is 6.92 Å². The largest absolute Gasteiger partial charge is 0.386 e. The Hall–Kier alpha value is -0.970. The van der Waals surface area contributed by atoms with Gasteiger partial charge >= 0.3 is 0 Å². The highest BCUT2D eigenvalue weighted by atomic mass is 19.1. The topological polar surface area (TPSA) is 38.7 Å². The lowest BCUT2D eigenvalue weighted by molar-refractivity contribution is -0.302. The van der Waals surface area contributed by atoms with Crippen LogP contribution in [0.4, 0.5) is 4.39 Å². The smallest absolute Gasteiger partial charge is 0.123 e. The highest BCUT2D eigenvalue weighted by molar-refractivity contribution is 5.18. The molecule has 1 N–H and O–H groups in total. The van der Waals surface area contributed by atoms with Crippen LogP contribution < -0.4 is 0 Å². The van der Waals surface area contributed by atoms with E-state index in [1.165, 1.54) is 24.3 Å². The summed E-state index contributed by atoms with van der Waals surface area (Å²) in [5.74, 6) is -0.327. The van der Waals surface area contributed by atoms with E-state index in [4.69, 9.17) is 0 Å². The van der Waals surface area contributed by atoms with Crippen molar-refractivity contribution in [2.24, 2.45) is 0 Å². The second-order valence-electron chi connectivity index (χ2n) is 2.76. The zero-order chi connectivity index (χ0) is 10.4. The highest BCUT2D eigenvalue weighted by Gasteiger charge is 2.07. The fourth-order valence-corrected chi connectivity index (χ4v) is 0.977. The molecule has 0 saturated carbocycles. The third-order valence-corrected chi connectivity index (χ3v) is 1.68. The van der Waals surface area contributed by atoms with Crippen LogP contribution >= 0.6 is 0 Å². The maximum absolute atomic E-state index is 12.5. The number of rotatable bonds is 5. The molecule has 0 fully saturated rings. The van der Waals surface area contributed by atoms with Gasteiger partial charge in [0.15, 0.2) is 0 Å². The molecule has 0 saturated heterocycles. The summed E-state index contributed by atoms with van der Waals surface area (Å²) >= 11 is 0. The third-order valence-electron chi connectivity index (χ3n) is 1.68. The zero-order valence-corrected chi connectivity index (χ0v) is 7.94. The Kier molecular flexibility index (Phi) is 4.52. The van der Waals surface area contributed by atoms with Crippen LogP contribution in [0.15, 0.2) is 24.3 Å². The van der Waals surface area contributed by atoms with Gasteiger partial charge in [-0.1, -0.05) is 12.1 Å². The Balaban J connectivity index is 2.43. The molecule has 0 radical (unpaired) electrons. The molecule has 0 aromatic heterocycles. The number of aliphatic hydroxyl groups excluding tert-OH is 1. The van der Waals surface area contributed by atoms with Gasteiger partial charge in [-0.05, 0) is 24.6 Å². The average Bonchev–Trinajstić information content (AvgIpc) is 2.19. The Morgan fingerprint density at radius 3 is 2.50 bits per heavy atom. The minimum Gasteiger partial charge on any atom is -0.386 e. The van der Waals surface area contributed by atoms with Crippen molar-refractivity contribution in [1.82, 2.24) is 0 Å².